The summed E-state index contributed by atoms with van der Waals surface area (Å²) in [4.78, 5) is 25.5. The molecule has 1 saturated heterocycles. The number of esters is 2. The normalized spacial score (nSPS) is 19.6. The first-order valence-corrected chi connectivity index (χ1v) is 27.0. The van der Waals surface area contributed by atoms with Gasteiger partial charge in [0.15, 0.2) is 12.4 Å². The van der Waals surface area contributed by atoms with Gasteiger partial charge in [0.2, 0.25) is 0 Å². The first-order valence-electron chi connectivity index (χ1n) is 27.0. The van der Waals surface area contributed by atoms with E-state index in [0.717, 1.165) is 89.9 Å². The van der Waals surface area contributed by atoms with E-state index in [1.54, 1.807) is 0 Å². The Bertz CT molecular complexity index is 1320. The Morgan fingerprint density at radius 3 is 1.33 bits per heavy atom. The zero-order valence-corrected chi connectivity index (χ0v) is 42.4. The van der Waals surface area contributed by atoms with Crippen molar-refractivity contribution in [3.05, 3.63) is 72.9 Å². The quantitative estimate of drug-likeness (QED) is 0.0264. The Labute approximate surface area is 408 Å². The Hall–Kier alpha value is -2.86. The van der Waals surface area contributed by atoms with Crippen molar-refractivity contribution < 1.29 is 49.0 Å². The van der Waals surface area contributed by atoms with Crippen LogP contribution in [0.1, 0.15) is 219 Å². The monoisotopic (exact) mass is 943 g/mol. The lowest BCUT2D eigenvalue weighted by atomic mass is 9.99. The van der Waals surface area contributed by atoms with Crippen LogP contribution in [0.5, 0.6) is 0 Å². The average molecular weight is 943 g/mol. The minimum Gasteiger partial charge on any atom is -0.462 e. The third kappa shape index (κ3) is 37.7. The predicted molar refractivity (Wildman–Crippen MR) is 274 cm³/mol. The molecule has 6 atom stereocenters. The number of aliphatic hydroxyl groups is 4. The number of aliphatic hydroxyl groups excluding tert-OH is 4. The van der Waals surface area contributed by atoms with Gasteiger partial charge in [-0.1, -0.05) is 196 Å². The molecule has 67 heavy (non-hydrogen) atoms. The van der Waals surface area contributed by atoms with Gasteiger partial charge in [-0.25, -0.2) is 0 Å². The summed E-state index contributed by atoms with van der Waals surface area (Å²) in [5.41, 5.74) is 0. The van der Waals surface area contributed by atoms with Crippen molar-refractivity contribution in [2.45, 2.75) is 256 Å². The van der Waals surface area contributed by atoms with E-state index < -0.39 is 49.4 Å². The first-order chi connectivity index (χ1) is 32.8. The highest BCUT2D eigenvalue weighted by Gasteiger charge is 2.44. The van der Waals surface area contributed by atoms with Crippen molar-refractivity contribution in [2.24, 2.45) is 0 Å². The van der Waals surface area contributed by atoms with E-state index in [2.05, 4.69) is 86.8 Å². The summed E-state index contributed by atoms with van der Waals surface area (Å²) in [6.45, 7) is 3.30. The second-order valence-electron chi connectivity index (χ2n) is 18.3. The zero-order valence-electron chi connectivity index (χ0n) is 42.4. The fourth-order valence-corrected chi connectivity index (χ4v) is 7.86. The number of unbranched alkanes of at least 4 members (excludes halogenated alkanes) is 22. The van der Waals surface area contributed by atoms with Crippen LogP contribution in [0.15, 0.2) is 72.9 Å². The lowest BCUT2D eigenvalue weighted by Crippen LogP contribution is -2.59. The first kappa shape index (κ1) is 62.2. The fourth-order valence-electron chi connectivity index (χ4n) is 7.86. The molecule has 0 aromatic carbocycles. The molecule has 1 fully saturated rings. The van der Waals surface area contributed by atoms with Gasteiger partial charge in [-0.05, 0) is 83.5 Å². The molecule has 1 heterocycles. The van der Waals surface area contributed by atoms with Crippen molar-refractivity contribution in [1.29, 1.82) is 0 Å². The molecule has 0 aromatic heterocycles. The Kier molecular flexibility index (Phi) is 43.5. The van der Waals surface area contributed by atoms with Gasteiger partial charge in [-0.15, -0.1) is 0 Å². The fraction of sp³-hybridized carbons (Fsp3) is 0.754. The summed E-state index contributed by atoms with van der Waals surface area (Å²) < 4.78 is 22.3. The third-order valence-electron chi connectivity index (χ3n) is 12.1. The molecule has 1 aliphatic heterocycles. The van der Waals surface area contributed by atoms with Crippen LogP contribution >= 0.6 is 0 Å². The number of allylic oxidation sites excluding steroid dienone is 12. The molecule has 1 aliphatic rings. The minimum absolute atomic E-state index is 0.221. The highest BCUT2D eigenvalue weighted by atomic mass is 16.7. The third-order valence-corrected chi connectivity index (χ3v) is 12.1. The largest absolute Gasteiger partial charge is 0.462 e. The molecule has 4 N–H and O–H groups in total. The molecule has 0 saturated carbocycles. The van der Waals surface area contributed by atoms with Crippen molar-refractivity contribution in [3.63, 3.8) is 0 Å². The van der Waals surface area contributed by atoms with Gasteiger partial charge in [0.1, 0.15) is 31.0 Å². The van der Waals surface area contributed by atoms with Crippen molar-refractivity contribution in [2.75, 3.05) is 19.8 Å². The van der Waals surface area contributed by atoms with Crippen LogP contribution in [0.4, 0.5) is 0 Å². The molecule has 10 nitrogen and oxygen atoms in total. The molecule has 0 bridgehead atoms. The number of ether oxygens (including phenoxy) is 4. The molecular weight excluding hydrogens is 845 g/mol. The van der Waals surface area contributed by atoms with E-state index in [-0.39, 0.29) is 32.0 Å². The van der Waals surface area contributed by atoms with E-state index in [4.69, 9.17) is 18.9 Å². The van der Waals surface area contributed by atoms with E-state index >= 15 is 0 Å². The summed E-state index contributed by atoms with van der Waals surface area (Å²) in [6, 6.07) is 0. The standard InChI is InChI=1S/C57H98O10/c1-3-5-7-9-11-13-15-17-19-21-23-24-25-26-28-30-32-34-36-38-40-42-44-46-53(60)66-50(49-65-57-56(63)55(62)54(61)51(47-58)67-57)48-64-52(59)45-43-41-39-37-35-33-31-29-27-22-20-18-16-14-12-10-8-6-4-2/h5,7,11-14,17-20,23-24,50-51,54-58,61-63H,3-4,6,8-10,15-16,21-22,25-49H2,1-2H3/b7-5-,13-11-,14-12-,19-17-,20-18-,24-23-. The van der Waals surface area contributed by atoms with Gasteiger partial charge in [0.25, 0.3) is 0 Å². The SMILES string of the molecule is CC/C=C\C/C=C\C/C=C\C/C=C\CCCCCCCCCCCCC(=O)OC(COC(=O)CCCCCCCCCCC/C=C\C/C=C\CCCCC)COC1OC(CO)C(O)C(O)C1O. The lowest BCUT2D eigenvalue weighted by molar-refractivity contribution is -0.305. The Balaban J connectivity index is 2.24. The number of carbonyl (C=O) groups excluding carboxylic acids is 2. The maximum absolute atomic E-state index is 12.9. The highest BCUT2D eigenvalue weighted by molar-refractivity contribution is 5.70. The number of carbonyl (C=O) groups is 2. The highest BCUT2D eigenvalue weighted by Crippen LogP contribution is 2.23. The molecule has 0 spiro atoms. The molecular formula is C57H98O10. The minimum atomic E-state index is -1.60. The van der Waals surface area contributed by atoms with Gasteiger partial charge in [-0.3, -0.25) is 9.59 Å². The van der Waals surface area contributed by atoms with Crippen LogP contribution in [0.2, 0.25) is 0 Å². The Morgan fingerprint density at radius 1 is 0.478 bits per heavy atom. The molecule has 0 radical (unpaired) electrons. The summed E-state index contributed by atoms with van der Waals surface area (Å²) in [7, 11) is 0. The molecule has 0 amide bonds. The number of hydrogen-bond acceptors (Lipinski definition) is 10. The van der Waals surface area contributed by atoms with Crippen molar-refractivity contribution >= 4 is 11.9 Å². The van der Waals surface area contributed by atoms with Gasteiger partial charge in [-0.2, -0.15) is 0 Å². The van der Waals surface area contributed by atoms with Crippen LogP contribution in [-0.2, 0) is 28.5 Å². The molecule has 1 rings (SSSR count). The predicted octanol–water partition coefficient (Wildman–Crippen LogP) is 13.1. The summed E-state index contributed by atoms with van der Waals surface area (Å²) in [6.07, 6.45) is 53.3. The van der Waals surface area contributed by atoms with Gasteiger partial charge < -0.3 is 39.4 Å². The second-order valence-corrected chi connectivity index (χ2v) is 18.3. The van der Waals surface area contributed by atoms with Gasteiger partial charge >= 0.3 is 11.9 Å². The number of hydrogen-bond donors (Lipinski definition) is 4. The molecule has 386 valence electrons. The van der Waals surface area contributed by atoms with E-state index in [9.17, 15) is 30.0 Å². The smallest absolute Gasteiger partial charge is 0.306 e. The van der Waals surface area contributed by atoms with Crippen molar-refractivity contribution in [1.82, 2.24) is 0 Å². The van der Waals surface area contributed by atoms with Gasteiger partial charge in [0.05, 0.1) is 13.2 Å². The van der Waals surface area contributed by atoms with E-state index in [1.165, 1.54) is 96.3 Å². The summed E-state index contributed by atoms with van der Waals surface area (Å²) >= 11 is 0. The topological polar surface area (TPSA) is 152 Å². The van der Waals surface area contributed by atoms with Crippen LogP contribution in [-0.4, -0.2) is 89.0 Å². The number of rotatable bonds is 45. The summed E-state index contributed by atoms with van der Waals surface area (Å²) in [5, 5.41) is 40.3. The van der Waals surface area contributed by atoms with E-state index in [1.807, 2.05) is 0 Å². The molecule has 10 heteroatoms. The average Bonchev–Trinajstić information content (AvgIpc) is 3.33. The van der Waals surface area contributed by atoms with Crippen LogP contribution in [0, 0.1) is 0 Å². The van der Waals surface area contributed by atoms with E-state index in [0.29, 0.717) is 6.42 Å². The molecule has 0 aliphatic carbocycles. The van der Waals surface area contributed by atoms with Crippen molar-refractivity contribution in [3.8, 4) is 0 Å². The van der Waals surface area contributed by atoms with Gasteiger partial charge in [0, 0.05) is 12.8 Å². The van der Waals surface area contributed by atoms with Crippen LogP contribution < -0.4 is 0 Å². The summed E-state index contributed by atoms with van der Waals surface area (Å²) in [5.74, 6) is -0.815. The lowest BCUT2D eigenvalue weighted by Gasteiger charge is -2.39. The second kappa shape index (κ2) is 46.8. The Morgan fingerprint density at radius 2 is 0.881 bits per heavy atom. The zero-order chi connectivity index (χ0) is 48.7. The van der Waals surface area contributed by atoms with Crippen LogP contribution in [0.3, 0.4) is 0 Å². The molecule has 6 unspecified atom stereocenters. The maximum Gasteiger partial charge on any atom is 0.306 e. The maximum atomic E-state index is 12.9. The van der Waals surface area contributed by atoms with Crippen LogP contribution in [0.25, 0.3) is 0 Å². The molecule has 0 aromatic rings.